The zero-order valence-electron chi connectivity index (χ0n) is 15.5. The molecule has 0 radical (unpaired) electrons. The molecule has 0 aromatic carbocycles. The summed E-state index contributed by atoms with van der Waals surface area (Å²) in [6.45, 7) is 7.57. The third-order valence-electron chi connectivity index (χ3n) is 5.78. The van der Waals surface area contributed by atoms with Crippen LogP contribution >= 0.6 is 0 Å². The number of nitrogens with one attached hydrogen (secondary N) is 2. The third kappa shape index (κ3) is 4.95. The summed E-state index contributed by atoms with van der Waals surface area (Å²) < 4.78 is 0. The average molecular weight is 338 g/mol. The maximum absolute atomic E-state index is 13.0. The van der Waals surface area contributed by atoms with Gasteiger partial charge in [0.1, 0.15) is 5.54 Å². The Morgan fingerprint density at radius 3 is 2.29 bits per heavy atom. The second kappa shape index (κ2) is 9.40. The van der Waals surface area contributed by atoms with Gasteiger partial charge in [-0.1, -0.05) is 19.3 Å². The van der Waals surface area contributed by atoms with E-state index in [1.807, 2.05) is 18.7 Å². The fourth-order valence-electron chi connectivity index (χ4n) is 4.20. The monoisotopic (exact) mass is 337 g/mol. The van der Waals surface area contributed by atoms with E-state index in [4.69, 9.17) is 0 Å². The van der Waals surface area contributed by atoms with Gasteiger partial charge in [0.25, 0.3) is 0 Å². The van der Waals surface area contributed by atoms with E-state index in [2.05, 4.69) is 10.6 Å². The van der Waals surface area contributed by atoms with Gasteiger partial charge >= 0.3 is 0 Å². The van der Waals surface area contributed by atoms with Gasteiger partial charge in [-0.15, -0.1) is 0 Å². The highest BCUT2D eigenvalue weighted by molar-refractivity contribution is 5.91. The van der Waals surface area contributed by atoms with Crippen LogP contribution in [0.2, 0.25) is 0 Å². The Morgan fingerprint density at radius 2 is 1.71 bits per heavy atom. The minimum Gasteiger partial charge on any atom is -0.342 e. The lowest BCUT2D eigenvalue weighted by molar-refractivity contribution is -0.143. The van der Waals surface area contributed by atoms with E-state index in [1.54, 1.807) is 0 Å². The smallest absolute Gasteiger partial charge is 0.248 e. The highest BCUT2D eigenvalue weighted by Gasteiger charge is 2.42. The lowest BCUT2D eigenvalue weighted by Gasteiger charge is -2.40. The van der Waals surface area contributed by atoms with Crippen LogP contribution in [0.3, 0.4) is 0 Å². The number of carbonyl (C=O) groups excluding carboxylic acids is 2. The van der Waals surface area contributed by atoms with Crippen LogP contribution in [0.15, 0.2) is 0 Å². The van der Waals surface area contributed by atoms with Crippen molar-refractivity contribution in [1.29, 1.82) is 0 Å². The van der Waals surface area contributed by atoms with E-state index >= 15 is 0 Å². The standard InChI is InChI=1S/C19H35N3O2/c1-3-22(4-2)18(24)19(12-6-5-7-13-19)21-17(23)9-8-16-10-14-20-15-11-16/h16,20H,3-15H2,1-2H3,(H,21,23). The normalized spacial score (nSPS) is 21.2. The van der Waals surface area contributed by atoms with Crippen LogP contribution in [0.4, 0.5) is 0 Å². The van der Waals surface area contributed by atoms with E-state index in [0.29, 0.717) is 25.4 Å². The Bertz CT molecular complexity index is 409. The molecule has 2 amide bonds. The van der Waals surface area contributed by atoms with Gasteiger partial charge in [0.2, 0.25) is 11.8 Å². The van der Waals surface area contributed by atoms with Crippen molar-refractivity contribution in [3.8, 4) is 0 Å². The van der Waals surface area contributed by atoms with Crippen molar-refractivity contribution in [2.24, 2.45) is 5.92 Å². The van der Waals surface area contributed by atoms with Crippen LogP contribution in [0.1, 0.15) is 71.6 Å². The average Bonchev–Trinajstić information content (AvgIpc) is 2.62. The summed E-state index contributed by atoms with van der Waals surface area (Å²) in [7, 11) is 0. The van der Waals surface area contributed by atoms with Crippen LogP contribution in [0.25, 0.3) is 0 Å². The van der Waals surface area contributed by atoms with E-state index in [0.717, 1.165) is 64.5 Å². The van der Waals surface area contributed by atoms with Gasteiger partial charge < -0.3 is 15.5 Å². The summed E-state index contributed by atoms with van der Waals surface area (Å²) in [6, 6.07) is 0. The predicted octanol–water partition coefficient (Wildman–Crippen LogP) is 2.45. The Kier molecular flexibility index (Phi) is 7.53. The van der Waals surface area contributed by atoms with Gasteiger partial charge in [0.05, 0.1) is 0 Å². The molecule has 1 saturated heterocycles. The number of hydrogen-bond donors (Lipinski definition) is 2. The van der Waals surface area contributed by atoms with Crippen molar-refractivity contribution in [2.45, 2.75) is 77.2 Å². The first-order valence-electron chi connectivity index (χ1n) is 9.92. The predicted molar refractivity (Wildman–Crippen MR) is 96.7 cm³/mol. The van der Waals surface area contributed by atoms with Crippen molar-refractivity contribution in [3.05, 3.63) is 0 Å². The van der Waals surface area contributed by atoms with Crippen LogP contribution in [0, 0.1) is 5.92 Å². The summed E-state index contributed by atoms with van der Waals surface area (Å²) in [4.78, 5) is 27.5. The zero-order chi connectivity index (χ0) is 17.4. The molecule has 0 atom stereocenters. The summed E-state index contributed by atoms with van der Waals surface area (Å²) in [5.41, 5.74) is -0.643. The molecule has 2 N–H and O–H groups in total. The molecule has 0 aromatic rings. The maximum atomic E-state index is 13.0. The fraction of sp³-hybridized carbons (Fsp3) is 0.895. The first-order valence-corrected chi connectivity index (χ1v) is 9.92. The Hall–Kier alpha value is -1.10. The lowest BCUT2D eigenvalue weighted by Crippen LogP contribution is -2.60. The highest BCUT2D eigenvalue weighted by Crippen LogP contribution is 2.30. The van der Waals surface area contributed by atoms with Crippen molar-refractivity contribution in [1.82, 2.24) is 15.5 Å². The molecule has 1 heterocycles. The summed E-state index contributed by atoms with van der Waals surface area (Å²) in [5.74, 6) is 0.844. The number of hydrogen-bond acceptors (Lipinski definition) is 3. The molecule has 0 bridgehead atoms. The first kappa shape index (κ1) is 19.2. The maximum Gasteiger partial charge on any atom is 0.248 e. The molecule has 2 fully saturated rings. The SMILES string of the molecule is CCN(CC)C(=O)C1(NC(=O)CCC2CCNCC2)CCCCC1. The number of amides is 2. The third-order valence-corrected chi connectivity index (χ3v) is 5.78. The molecule has 5 heteroatoms. The van der Waals surface area contributed by atoms with E-state index < -0.39 is 5.54 Å². The molecule has 1 aliphatic heterocycles. The molecule has 2 rings (SSSR count). The summed E-state index contributed by atoms with van der Waals surface area (Å²) >= 11 is 0. The molecule has 2 aliphatic rings. The number of likely N-dealkylation sites (N-methyl/N-ethyl adjacent to an activating group) is 1. The minimum absolute atomic E-state index is 0.0657. The van der Waals surface area contributed by atoms with Gasteiger partial charge in [-0.2, -0.15) is 0 Å². The fourth-order valence-corrected chi connectivity index (χ4v) is 4.20. The van der Waals surface area contributed by atoms with Gasteiger partial charge in [0, 0.05) is 19.5 Å². The summed E-state index contributed by atoms with van der Waals surface area (Å²) in [6.07, 6.45) is 8.64. The Balaban J connectivity index is 1.94. The van der Waals surface area contributed by atoms with Crippen molar-refractivity contribution in [3.63, 3.8) is 0 Å². The minimum atomic E-state index is -0.643. The quantitative estimate of drug-likeness (QED) is 0.750. The highest BCUT2D eigenvalue weighted by atomic mass is 16.2. The van der Waals surface area contributed by atoms with Crippen LogP contribution in [0.5, 0.6) is 0 Å². The van der Waals surface area contributed by atoms with E-state index in [-0.39, 0.29) is 11.8 Å². The van der Waals surface area contributed by atoms with Crippen LogP contribution < -0.4 is 10.6 Å². The Labute approximate surface area is 146 Å². The first-order chi connectivity index (χ1) is 11.6. The van der Waals surface area contributed by atoms with E-state index in [9.17, 15) is 9.59 Å². The van der Waals surface area contributed by atoms with Gasteiger partial charge in [-0.3, -0.25) is 9.59 Å². The van der Waals surface area contributed by atoms with Crippen molar-refractivity contribution in [2.75, 3.05) is 26.2 Å². The molecular weight excluding hydrogens is 302 g/mol. The van der Waals surface area contributed by atoms with Crippen molar-refractivity contribution < 1.29 is 9.59 Å². The molecule has 5 nitrogen and oxygen atoms in total. The number of carbonyl (C=O) groups is 2. The number of nitrogens with zero attached hydrogens (tertiary/aromatic N) is 1. The second-order valence-electron chi connectivity index (χ2n) is 7.40. The van der Waals surface area contributed by atoms with Gasteiger partial charge in [-0.05, 0) is 65.0 Å². The molecular formula is C19H35N3O2. The lowest BCUT2D eigenvalue weighted by atomic mass is 9.80. The molecule has 0 aromatic heterocycles. The molecule has 1 saturated carbocycles. The largest absolute Gasteiger partial charge is 0.342 e. The zero-order valence-corrected chi connectivity index (χ0v) is 15.5. The summed E-state index contributed by atoms with van der Waals surface area (Å²) in [5, 5.41) is 6.54. The molecule has 138 valence electrons. The molecule has 0 spiro atoms. The van der Waals surface area contributed by atoms with Gasteiger partial charge in [0.15, 0.2) is 0 Å². The van der Waals surface area contributed by atoms with E-state index in [1.165, 1.54) is 0 Å². The second-order valence-corrected chi connectivity index (χ2v) is 7.40. The van der Waals surface area contributed by atoms with Gasteiger partial charge in [-0.25, -0.2) is 0 Å². The molecule has 0 unspecified atom stereocenters. The Morgan fingerprint density at radius 1 is 1.08 bits per heavy atom. The topological polar surface area (TPSA) is 61.4 Å². The molecule has 24 heavy (non-hydrogen) atoms. The van der Waals surface area contributed by atoms with Crippen LogP contribution in [-0.2, 0) is 9.59 Å². The van der Waals surface area contributed by atoms with Crippen molar-refractivity contribution >= 4 is 11.8 Å². The molecule has 1 aliphatic carbocycles. The number of piperidine rings is 1. The van der Waals surface area contributed by atoms with Crippen LogP contribution in [-0.4, -0.2) is 48.4 Å². The number of rotatable bonds is 7.